The Balaban J connectivity index is 2.20. The van der Waals surface area contributed by atoms with Gasteiger partial charge in [0.2, 0.25) is 0 Å². The summed E-state index contributed by atoms with van der Waals surface area (Å²) in [6.07, 6.45) is -4.64. The Kier molecular flexibility index (Phi) is 4.49. The van der Waals surface area contributed by atoms with E-state index in [1.165, 1.54) is 36.4 Å². The summed E-state index contributed by atoms with van der Waals surface area (Å²) >= 11 is 0. The van der Waals surface area contributed by atoms with Crippen LogP contribution in [0.3, 0.4) is 0 Å². The van der Waals surface area contributed by atoms with Crippen LogP contribution in [-0.2, 0) is 6.18 Å². The first-order valence-electron chi connectivity index (χ1n) is 6.26. The molecular formula is C14H10F3N3O3. The molecule has 120 valence electrons. The van der Waals surface area contributed by atoms with E-state index >= 15 is 0 Å². The molecule has 0 unspecified atom stereocenters. The molecule has 0 bridgehead atoms. The third-order valence-corrected chi connectivity index (χ3v) is 2.83. The summed E-state index contributed by atoms with van der Waals surface area (Å²) in [5.74, 6) is 0. The number of carbonyl (C=O) groups excluding carboxylic acids is 1. The van der Waals surface area contributed by atoms with Crippen molar-refractivity contribution in [2.75, 3.05) is 10.6 Å². The highest BCUT2D eigenvalue weighted by molar-refractivity contribution is 6.01. The number of hydrogen-bond acceptors (Lipinski definition) is 3. The monoisotopic (exact) mass is 325 g/mol. The van der Waals surface area contributed by atoms with Crippen molar-refractivity contribution >= 4 is 23.1 Å². The molecule has 0 heterocycles. The lowest BCUT2D eigenvalue weighted by atomic mass is 10.1. The van der Waals surface area contributed by atoms with Crippen molar-refractivity contribution in [3.8, 4) is 0 Å². The first kappa shape index (κ1) is 16.3. The van der Waals surface area contributed by atoms with E-state index in [0.717, 1.165) is 12.1 Å². The van der Waals surface area contributed by atoms with Crippen molar-refractivity contribution in [2.24, 2.45) is 0 Å². The minimum absolute atomic E-state index is 0.125. The zero-order valence-corrected chi connectivity index (χ0v) is 11.4. The molecule has 0 saturated carbocycles. The van der Waals surface area contributed by atoms with Crippen LogP contribution in [0.1, 0.15) is 5.56 Å². The van der Waals surface area contributed by atoms with Gasteiger partial charge in [0.1, 0.15) is 5.69 Å². The van der Waals surface area contributed by atoms with Gasteiger partial charge >= 0.3 is 12.2 Å². The normalized spacial score (nSPS) is 10.9. The van der Waals surface area contributed by atoms with Crippen molar-refractivity contribution in [1.29, 1.82) is 0 Å². The third-order valence-electron chi connectivity index (χ3n) is 2.83. The van der Waals surface area contributed by atoms with Gasteiger partial charge in [-0.15, -0.1) is 0 Å². The molecule has 2 aromatic carbocycles. The van der Waals surface area contributed by atoms with E-state index in [9.17, 15) is 28.1 Å². The fraction of sp³-hybridized carbons (Fsp3) is 0.0714. The summed E-state index contributed by atoms with van der Waals surface area (Å²) in [6.45, 7) is 0. The van der Waals surface area contributed by atoms with Crippen LogP contribution in [0, 0.1) is 10.1 Å². The molecule has 2 N–H and O–H groups in total. The smallest absolute Gasteiger partial charge is 0.307 e. The van der Waals surface area contributed by atoms with Crippen molar-refractivity contribution in [2.45, 2.75) is 6.18 Å². The highest BCUT2D eigenvalue weighted by Gasteiger charge is 2.33. The molecule has 0 aromatic heterocycles. The number of amides is 2. The van der Waals surface area contributed by atoms with Crippen molar-refractivity contribution in [1.82, 2.24) is 0 Å². The van der Waals surface area contributed by atoms with E-state index in [0.29, 0.717) is 0 Å². The number of nitrogens with zero attached hydrogens (tertiary/aromatic N) is 1. The minimum Gasteiger partial charge on any atom is -0.307 e. The van der Waals surface area contributed by atoms with Gasteiger partial charge in [-0.25, -0.2) is 4.79 Å². The molecule has 0 aliphatic heterocycles. The molecule has 0 spiro atoms. The Morgan fingerprint density at radius 1 is 0.957 bits per heavy atom. The van der Waals surface area contributed by atoms with E-state index in [1.807, 2.05) is 5.32 Å². The molecule has 0 aliphatic carbocycles. The number of para-hydroxylation sites is 3. The predicted octanol–water partition coefficient (Wildman–Crippen LogP) is 4.26. The van der Waals surface area contributed by atoms with Crippen LogP contribution < -0.4 is 10.6 Å². The number of anilines is 2. The largest absolute Gasteiger partial charge is 0.418 e. The maximum absolute atomic E-state index is 12.8. The fourth-order valence-electron chi connectivity index (χ4n) is 1.85. The Bertz CT molecular complexity index is 747. The molecule has 2 aromatic rings. The van der Waals surface area contributed by atoms with Gasteiger partial charge < -0.3 is 10.6 Å². The summed E-state index contributed by atoms with van der Waals surface area (Å²) in [5, 5.41) is 15.0. The summed E-state index contributed by atoms with van der Waals surface area (Å²) in [7, 11) is 0. The number of nitro benzene ring substituents is 1. The maximum atomic E-state index is 12.8. The second-order valence-corrected chi connectivity index (χ2v) is 4.40. The highest BCUT2D eigenvalue weighted by atomic mass is 19.4. The summed E-state index contributed by atoms with van der Waals surface area (Å²) in [6, 6.07) is 8.70. The van der Waals surface area contributed by atoms with Crippen LogP contribution in [0.15, 0.2) is 48.5 Å². The molecule has 0 aliphatic rings. The van der Waals surface area contributed by atoms with Gasteiger partial charge in [0.15, 0.2) is 0 Å². The van der Waals surface area contributed by atoms with E-state index in [4.69, 9.17) is 0 Å². The Morgan fingerprint density at radius 2 is 1.48 bits per heavy atom. The van der Waals surface area contributed by atoms with E-state index in [-0.39, 0.29) is 11.4 Å². The molecular weight excluding hydrogens is 315 g/mol. The second kappa shape index (κ2) is 6.34. The van der Waals surface area contributed by atoms with E-state index in [2.05, 4.69) is 5.32 Å². The topological polar surface area (TPSA) is 84.3 Å². The van der Waals surface area contributed by atoms with Crippen LogP contribution in [0.4, 0.5) is 35.0 Å². The molecule has 9 heteroatoms. The molecule has 0 saturated heterocycles. The predicted molar refractivity (Wildman–Crippen MR) is 77.2 cm³/mol. The summed E-state index contributed by atoms with van der Waals surface area (Å²) < 4.78 is 38.5. The van der Waals surface area contributed by atoms with Crippen LogP contribution >= 0.6 is 0 Å². The van der Waals surface area contributed by atoms with E-state index < -0.39 is 28.4 Å². The first-order valence-corrected chi connectivity index (χ1v) is 6.26. The number of rotatable bonds is 3. The number of nitro groups is 1. The highest BCUT2D eigenvalue weighted by Crippen LogP contribution is 2.34. The molecule has 2 rings (SSSR count). The number of benzene rings is 2. The lowest BCUT2D eigenvalue weighted by Crippen LogP contribution is -2.22. The van der Waals surface area contributed by atoms with Gasteiger partial charge in [-0.05, 0) is 18.2 Å². The second-order valence-electron chi connectivity index (χ2n) is 4.40. The number of alkyl halides is 3. The molecule has 0 atom stereocenters. The van der Waals surface area contributed by atoms with Gasteiger partial charge in [-0.2, -0.15) is 13.2 Å². The van der Waals surface area contributed by atoms with Gasteiger partial charge in [-0.3, -0.25) is 10.1 Å². The average molecular weight is 325 g/mol. The lowest BCUT2D eigenvalue weighted by Gasteiger charge is -2.14. The maximum Gasteiger partial charge on any atom is 0.418 e. The third kappa shape index (κ3) is 3.96. The van der Waals surface area contributed by atoms with Crippen LogP contribution in [0.25, 0.3) is 0 Å². The number of hydrogen-bond donors (Lipinski definition) is 2. The standard InChI is InChI=1S/C14H10F3N3O3/c15-14(16,17)9-5-1-2-6-10(9)18-13(21)19-11-7-3-4-8-12(11)20(22)23/h1-8H,(H2,18,19,21). The van der Waals surface area contributed by atoms with Crippen LogP contribution in [0.5, 0.6) is 0 Å². The summed E-state index contributed by atoms with van der Waals surface area (Å²) in [4.78, 5) is 21.9. The summed E-state index contributed by atoms with van der Waals surface area (Å²) in [5.41, 5.74) is -1.96. The zero-order chi connectivity index (χ0) is 17.0. The lowest BCUT2D eigenvalue weighted by molar-refractivity contribution is -0.383. The Morgan fingerprint density at radius 3 is 2.09 bits per heavy atom. The molecule has 6 nitrogen and oxygen atoms in total. The van der Waals surface area contributed by atoms with Gasteiger partial charge in [0.05, 0.1) is 16.2 Å². The quantitative estimate of drug-likeness (QED) is 0.653. The average Bonchev–Trinajstić information content (AvgIpc) is 2.47. The van der Waals surface area contributed by atoms with Crippen molar-refractivity contribution in [3.05, 3.63) is 64.2 Å². The SMILES string of the molecule is O=C(Nc1ccccc1[N+](=O)[O-])Nc1ccccc1C(F)(F)F. The number of carbonyl (C=O) groups is 1. The zero-order valence-electron chi connectivity index (χ0n) is 11.4. The minimum atomic E-state index is -4.64. The van der Waals surface area contributed by atoms with Crippen LogP contribution in [-0.4, -0.2) is 11.0 Å². The molecule has 0 radical (unpaired) electrons. The van der Waals surface area contributed by atoms with Gasteiger partial charge in [0, 0.05) is 6.07 Å². The molecule has 2 amide bonds. The Labute approximate surface area is 128 Å². The van der Waals surface area contributed by atoms with Crippen molar-refractivity contribution in [3.63, 3.8) is 0 Å². The Hall–Kier alpha value is -3.10. The van der Waals surface area contributed by atoms with Gasteiger partial charge in [0.25, 0.3) is 5.69 Å². The molecule has 23 heavy (non-hydrogen) atoms. The van der Waals surface area contributed by atoms with E-state index in [1.54, 1.807) is 0 Å². The van der Waals surface area contributed by atoms with Crippen molar-refractivity contribution < 1.29 is 22.9 Å². The van der Waals surface area contributed by atoms with Crippen LogP contribution in [0.2, 0.25) is 0 Å². The number of halogens is 3. The first-order chi connectivity index (χ1) is 10.8. The number of nitrogens with one attached hydrogen (secondary N) is 2. The number of urea groups is 1. The molecule has 0 fully saturated rings. The van der Waals surface area contributed by atoms with Gasteiger partial charge in [-0.1, -0.05) is 24.3 Å². The fourth-order valence-corrected chi connectivity index (χ4v) is 1.85.